The summed E-state index contributed by atoms with van der Waals surface area (Å²) in [6.07, 6.45) is 8.88. The second-order valence-electron chi connectivity index (χ2n) is 13.8. The van der Waals surface area contributed by atoms with Gasteiger partial charge in [0.05, 0.1) is 5.41 Å². The van der Waals surface area contributed by atoms with Gasteiger partial charge < -0.3 is 4.90 Å². The second-order valence-corrected chi connectivity index (χ2v) is 13.8. The molecule has 1 atom stereocenters. The Kier molecular flexibility index (Phi) is 12.3. The lowest BCUT2D eigenvalue weighted by molar-refractivity contribution is 0.720. The summed E-state index contributed by atoms with van der Waals surface area (Å²) in [6.45, 7) is 29.5. The van der Waals surface area contributed by atoms with Crippen LogP contribution in [0.25, 0.3) is 22.4 Å². The van der Waals surface area contributed by atoms with Gasteiger partial charge >= 0.3 is 0 Å². The van der Waals surface area contributed by atoms with Gasteiger partial charge in [-0.2, -0.15) is 0 Å². The fourth-order valence-electron chi connectivity index (χ4n) is 7.68. The molecule has 1 nitrogen and oxygen atoms in total. The van der Waals surface area contributed by atoms with Gasteiger partial charge in [0.25, 0.3) is 0 Å². The molecule has 53 heavy (non-hydrogen) atoms. The number of allylic oxidation sites excluding steroid dienone is 8. The quantitative estimate of drug-likeness (QED) is 0.0984. The number of rotatable bonds is 11. The van der Waals surface area contributed by atoms with Crippen molar-refractivity contribution in [2.75, 3.05) is 4.90 Å². The molecule has 0 bridgehead atoms. The number of fused-ring (bicyclic) bond motifs is 1. The third kappa shape index (κ3) is 7.66. The third-order valence-corrected chi connectivity index (χ3v) is 10.4. The van der Waals surface area contributed by atoms with Gasteiger partial charge in [-0.15, -0.1) is 6.58 Å². The Morgan fingerprint density at radius 1 is 0.679 bits per heavy atom. The zero-order valence-electron chi connectivity index (χ0n) is 32.4. The van der Waals surface area contributed by atoms with Gasteiger partial charge in [0.15, 0.2) is 0 Å². The first-order valence-corrected chi connectivity index (χ1v) is 18.4. The topological polar surface area (TPSA) is 3.24 Å². The van der Waals surface area contributed by atoms with Crippen molar-refractivity contribution < 1.29 is 0 Å². The molecule has 0 aromatic heterocycles. The summed E-state index contributed by atoms with van der Waals surface area (Å²) >= 11 is 0. The molecule has 0 saturated carbocycles. The average Bonchev–Trinajstić information content (AvgIpc) is 3.43. The van der Waals surface area contributed by atoms with Crippen molar-refractivity contribution in [2.24, 2.45) is 0 Å². The van der Waals surface area contributed by atoms with E-state index in [0.717, 1.165) is 34.6 Å². The van der Waals surface area contributed by atoms with Gasteiger partial charge in [0, 0.05) is 22.6 Å². The monoisotopic (exact) mass is 691 g/mol. The van der Waals surface area contributed by atoms with Gasteiger partial charge in [0.1, 0.15) is 0 Å². The van der Waals surface area contributed by atoms with E-state index < -0.39 is 0 Å². The molecule has 266 valence electrons. The highest BCUT2D eigenvalue weighted by atomic mass is 15.1. The van der Waals surface area contributed by atoms with Crippen LogP contribution in [0.1, 0.15) is 68.0 Å². The lowest BCUT2D eigenvalue weighted by Crippen LogP contribution is -2.28. The van der Waals surface area contributed by atoms with E-state index in [1.807, 2.05) is 32.1 Å². The number of anilines is 1. The van der Waals surface area contributed by atoms with Crippen LogP contribution in [-0.4, -0.2) is 0 Å². The van der Waals surface area contributed by atoms with Gasteiger partial charge in [-0.05, 0) is 111 Å². The number of benzene rings is 5. The maximum Gasteiger partial charge on any atom is 0.0627 e. The second kappa shape index (κ2) is 17.1. The molecule has 0 aliphatic heterocycles. The molecule has 0 fully saturated rings. The number of hydrogen-bond donors (Lipinski definition) is 0. The first-order chi connectivity index (χ1) is 25.6. The minimum absolute atomic E-state index is 0.298. The molecule has 0 radical (unpaired) electrons. The van der Waals surface area contributed by atoms with Crippen molar-refractivity contribution in [3.8, 4) is 11.1 Å². The van der Waals surface area contributed by atoms with Gasteiger partial charge in [-0.1, -0.05) is 170 Å². The predicted molar refractivity (Wildman–Crippen MR) is 233 cm³/mol. The van der Waals surface area contributed by atoms with Gasteiger partial charge in [0.2, 0.25) is 0 Å². The largest absolute Gasteiger partial charge is 0.311 e. The molecular formula is C52H53N. The summed E-state index contributed by atoms with van der Waals surface area (Å²) in [4.78, 5) is 2.16. The van der Waals surface area contributed by atoms with Crippen LogP contribution in [0.4, 0.5) is 5.69 Å². The van der Waals surface area contributed by atoms with Crippen molar-refractivity contribution >= 4 is 17.0 Å². The minimum atomic E-state index is -0.298. The number of hydrogen-bond acceptors (Lipinski definition) is 1. The van der Waals surface area contributed by atoms with E-state index in [1.54, 1.807) is 6.08 Å². The average molecular weight is 692 g/mol. The van der Waals surface area contributed by atoms with Gasteiger partial charge in [-0.3, -0.25) is 0 Å². The first-order valence-electron chi connectivity index (χ1n) is 18.4. The Hall–Kier alpha value is -5.92. The molecule has 5 aromatic rings. The number of nitrogens with zero attached hydrogens (tertiary/aromatic N) is 1. The van der Waals surface area contributed by atoms with E-state index in [1.165, 1.54) is 55.7 Å². The molecule has 1 unspecified atom stereocenters. The zero-order valence-corrected chi connectivity index (χ0v) is 32.4. The Labute approximate surface area is 319 Å². The molecular weight excluding hydrogens is 639 g/mol. The van der Waals surface area contributed by atoms with E-state index in [2.05, 4.69) is 180 Å². The summed E-state index contributed by atoms with van der Waals surface area (Å²) in [6, 6.07) is 45.7. The molecule has 1 aliphatic carbocycles. The van der Waals surface area contributed by atoms with Crippen LogP contribution in [0.2, 0.25) is 0 Å². The van der Waals surface area contributed by atoms with Crippen molar-refractivity contribution in [1.29, 1.82) is 0 Å². The van der Waals surface area contributed by atoms with Crippen LogP contribution in [0.5, 0.6) is 0 Å². The predicted octanol–water partition coefficient (Wildman–Crippen LogP) is 14.3. The van der Waals surface area contributed by atoms with Crippen LogP contribution in [-0.2, 0) is 11.8 Å². The highest BCUT2D eigenvalue weighted by Gasteiger charge is 2.45. The van der Waals surface area contributed by atoms with Crippen molar-refractivity contribution in [2.45, 2.75) is 53.4 Å². The van der Waals surface area contributed by atoms with E-state index in [4.69, 9.17) is 6.58 Å². The first kappa shape index (κ1) is 38.3. The Bertz CT molecular complexity index is 2210. The molecule has 0 saturated heterocycles. The maximum absolute atomic E-state index is 4.70. The summed E-state index contributed by atoms with van der Waals surface area (Å²) in [5.74, 6) is 0. The Balaban J connectivity index is 0.00000175. The summed E-state index contributed by atoms with van der Waals surface area (Å²) < 4.78 is 0. The van der Waals surface area contributed by atoms with Gasteiger partial charge in [-0.25, -0.2) is 0 Å². The highest BCUT2D eigenvalue weighted by Crippen LogP contribution is 2.55. The summed E-state index contributed by atoms with van der Waals surface area (Å²) in [7, 11) is 0. The summed E-state index contributed by atoms with van der Waals surface area (Å²) in [5, 5.41) is 0. The van der Waals surface area contributed by atoms with E-state index in [0.29, 0.717) is 0 Å². The normalized spacial score (nSPS) is 15.0. The van der Waals surface area contributed by atoms with Crippen molar-refractivity contribution in [1.82, 2.24) is 0 Å². The fraction of sp³-hybridized carbons (Fsp3) is 0.154. The van der Waals surface area contributed by atoms with Crippen molar-refractivity contribution in [3.63, 3.8) is 0 Å². The van der Waals surface area contributed by atoms with Crippen LogP contribution in [0, 0.1) is 6.92 Å². The Morgan fingerprint density at radius 3 is 1.89 bits per heavy atom. The van der Waals surface area contributed by atoms with Crippen LogP contribution < -0.4 is 4.90 Å². The summed E-state index contributed by atoms with van der Waals surface area (Å²) in [5.41, 5.74) is 17.5. The molecule has 6 rings (SSSR count). The SMILES string of the molecule is C=C(C)/C=C\C(=C)N(C(=C)c1cccc(CC2=C(C)C(/C(C)=C/C)(c3ccccc3)c3ccccc32)c1C)c1ccc(-c2ccccc2)cc1.C=CC. The zero-order chi connectivity index (χ0) is 38.1. The van der Waals surface area contributed by atoms with Crippen LogP contribution >= 0.6 is 0 Å². The Morgan fingerprint density at radius 2 is 1.26 bits per heavy atom. The minimum Gasteiger partial charge on any atom is -0.311 e. The van der Waals surface area contributed by atoms with E-state index >= 15 is 0 Å². The fourth-order valence-corrected chi connectivity index (χ4v) is 7.68. The molecule has 0 spiro atoms. The molecule has 5 aromatic carbocycles. The smallest absolute Gasteiger partial charge is 0.0627 e. The highest BCUT2D eigenvalue weighted by molar-refractivity contribution is 5.88. The van der Waals surface area contributed by atoms with Crippen molar-refractivity contribution in [3.05, 3.63) is 234 Å². The molecule has 0 amide bonds. The van der Waals surface area contributed by atoms with E-state index in [-0.39, 0.29) is 5.41 Å². The molecule has 0 heterocycles. The van der Waals surface area contributed by atoms with E-state index in [9.17, 15) is 0 Å². The molecule has 0 N–H and O–H groups in total. The standard InChI is InChI=1S/C49H47N.C3H6/c1-9-35(4)49(43-22-14-11-15-23-43)38(7)47(46-24-16-17-26-48(46)49)33-42-21-18-25-45(37(42)6)39(8)50(36(5)28-27-34(2)3)44-31-29-41(30-32-44)40-19-12-10-13-20-40;1-3-2/h9-32H,2,5,8,33H2,1,3-4,6-7H3;3H,1H2,2H3/b28-27-,35-9+;. The molecule has 1 aliphatic rings. The lowest BCUT2D eigenvalue weighted by atomic mass is 9.67. The van der Waals surface area contributed by atoms with Crippen LogP contribution in [0.3, 0.4) is 0 Å². The maximum atomic E-state index is 4.70. The third-order valence-electron chi connectivity index (χ3n) is 10.4. The van der Waals surface area contributed by atoms with Crippen LogP contribution in [0.15, 0.2) is 200 Å². The lowest BCUT2D eigenvalue weighted by Gasteiger charge is -2.35. The molecule has 1 heteroatoms.